The molecule has 0 fully saturated rings. The average Bonchev–Trinajstić information content (AvgIpc) is 2.46. The topological polar surface area (TPSA) is 54.0 Å². The summed E-state index contributed by atoms with van der Waals surface area (Å²) in [5.74, 6) is 0.417. The minimum absolute atomic E-state index is 0.170. The number of rotatable bonds is 8. The normalized spacial score (nSPS) is 11.2. The summed E-state index contributed by atoms with van der Waals surface area (Å²) in [6.07, 6.45) is 0. The zero-order chi connectivity index (χ0) is 15.0. The first-order chi connectivity index (χ1) is 9.52. The van der Waals surface area contributed by atoms with E-state index in [0.717, 1.165) is 5.56 Å². The Hall–Kier alpha value is -1.59. The van der Waals surface area contributed by atoms with E-state index in [9.17, 15) is 4.79 Å². The zero-order valence-corrected chi connectivity index (χ0v) is 12.5. The van der Waals surface area contributed by atoms with Crippen molar-refractivity contribution in [1.29, 1.82) is 0 Å². The summed E-state index contributed by atoms with van der Waals surface area (Å²) in [6, 6.07) is 7.31. The Kier molecular flexibility index (Phi) is 6.48. The van der Waals surface area contributed by atoms with Gasteiger partial charge in [0.05, 0.1) is 25.7 Å². The van der Waals surface area contributed by atoms with Crippen molar-refractivity contribution in [3.05, 3.63) is 29.8 Å². The van der Waals surface area contributed by atoms with E-state index < -0.39 is 5.41 Å². The molecule has 0 unspecified atom stereocenters. The fourth-order valence-electron chi connectivity index (χ4n) is 1.65. The molecule has 0 aliphatic rings. The Morgan fingerprint density at radius 2 is 1.75 bits per heavy atom. The molecule has 1 rings (SSSR count). The van der Waals surface area contributed by atoms with Gasteiger partial charge in [0, 0.05) is 7.11 Å². The SMILES string of the molecule is COCCOCOc1ccc(C(C)(C)C(=O)OC)cc1. The van der Waals surface area contributed by atoms with Gasteiger partial charge in [0.2, 0.25) is 0 Å². The van der Waals surface area contributed by atoms with Gasteiger partial charge in [0.25, 0.3) is 0 Å². The van der Waals surface area contributed by atoms with E-state index in [0.29, 0.717) is 19.0 Å². The van der Waals surface area contributed by atoms with Gasteiger partial charge >= 0.3 is 5.97 Å². The molecule has 112 valence electrons. The molecule has 0 aromatic heterocycles. The second-order valence-corrected chi connectivity index (χ2v) is 4.80. The second kappa shape index (κ2) is 7.87. The molecular weight excluding hydrogens is 260 g/mol. The third-order valence-electron chi connectivity index (χ3n) is 3.01. The molecule has 0 N–H and O–H groups in total. The minimum atomic E-state index is -0.678. The van der Waals surface area contributed by atoms with Gasteiger partial charge in [0.1, 0.15) is 5.75 Å². The standard InChI is InChI=1S/C15H22O5/c1-15(2,14(16)18-4)12-5-7-13(8-6-12)20-11-19-10-9-17-3/h5-8H,9-11H2,1-4H3. The maximum absolute atomic E-state index is 11.7. The van der Waals surface area contributed by atoms with Crippen LogP contribution >= 0.6 is 0 Å². The number of ether oxygens (including phenoxy) is 4. The molecule has 20 heavy (non-hydrogen) atoms. The fraction of sp³-hybridized carbons (Fsp3) is 0.533. The maximum atomic E-state index is 11.7. The number of benzene rings is 1. The largest absolute Gasteiger partial charge is 0.468 e. The molecular formula is C15H22O5. The molecule has 1 aromatic rings. The van der Waals surface area contributed by atoms with E-state index in [1.165, 1.54) is 7.11 Å². The summed E-state index contributed by atoms with van der Waals surface area (Å²) in [4.78, 5) is 11.7. The lowest BCUT2D eigenvalue weighted by Crippen LogP contribution is -2.30. The van der Waals surface area contributed by atoms with Crippen LogP contribution in [0.3, 0.4) is 0 Å². The van der Waals surface area contributed by atoms with Gasteiger partial charge in [-0.15, -0.1) is 0 Å². The third kappa shape index (κ3) is 4.51. The predicted octanol–water partition coefficient (Wildman–Crippen LogP) is 2.14. The quantitative estimate of drug-likeness (QED) is 0.415. The Morgan fingerprint density at radius 1 is 1.10 bits per heavy atom. The van der Waals surface area contributed by atoms with Gasteiger partial charge in [-0.25, -0.2) is 0 Å². The van der Waals surface area contributed by atoms with Crippen LogP contribution in [0.25, 0.3) is 0 Å². The second-order valence-electron chi connectivity index (χ2n) is 4.80. The highest BCUT2D eigenvalue weighted by Crippen LogP contribution is 2.26. The molecule has 0 aliphatic carbocycles. The molecule has 0 heterocycles. The zero-order valence-electron chi connectivity index (χ0n) is 12.5. The molecule has 0 amide bonds. The van der Waals surface area contributed by atoms with Gasteiger partial charge < -0.3 is 18.9 Å². The Balaban J connectivity index is 2.54. The van der Waals surface area contributed by atoms with Crippen molar-refractivity contribution < 1.29 is 23.7 Å². The number of methoxy groups -OCH3 is 2. The molecule has 5 heteroatoms. The van der Waals surface area contributed by atoms with Crippen LogP contribution in [0.5, 0.6) is 5.75 Å². The van der Waals surface area contributed by atoms with Crippen LogP contribution in [-0.4, -0.2) is 40.2 Å². The Labute approximate surface area is 119 Å². The van der Waals surface area contributed by atoms with Crippen LogP contribution in [0.1, 0.15) is 19.4 Å². The van der Waals surface area contributed by atoms with Gasteiger partial charge in [-0.3, -0.25) is 4.79 Å². The Bertz CT molecular complexity index is 411. The molecule has 0 saturated carbocycles. The molecule has 0 radical (unpaired) electrons. The number of hydrogen-bond acceptors (Lipinski definition) is 5. The first-order valence-corrected chi connectivity index (χ1v) is 6.40. The molecule has 0 atom stereocenters. The first-order valence-electron chi connectivity index (χ1n) is 6.40. The highest BCUT2D eigenvalue weighted by atomic mass is 16.7. The molecule has 0 aliphatic heterocycles. The molecule has 0 spiro atoms. The van der Waals surface area contributed by atoms with Crippen molar-refractivity contribution in [3.8, 4) is 5.75 Å². The molecule has 5 nitrogen and oxygen atoms in total. The van der Waals surface area contributed by atoms with Crippen LogP contribution in [-0.2, 0) is 24.4 Å². The summed E-state index contributed by atoms with van der Waals surface area (Å²) >= 11 is 0. The molecule has 0 saturated heterocycles. The van der Waals surface area contributed by atoms with Gasteiger partial charge in [-0.1, -0.05) is 12.1 Å². The van der Waals surface area contributed by atoms with E-state index in [1.54, 1.807) is 19.2 Å². The van der Waals surface area contributed by atoms with Gasteiger partial charge in [-0.05, 0) is 31.5 Å². The number of hydrogen-bond donors (Lipinski definition) is 0. The average molecular weight is 282 g/mol. The van der Waals surface area contributed by atoms with E-state index in [4.69, 9.17) is 18.9 Å². The minimum Gasteiger partial charge on any atom is -0.468 e. The van der Waals surface area contributed by atoms with Crippen LogP contribution in [0.2, 0.25) is 0 Å². The third-order valence-corrected chi connectivity index (χ3v) is 3.01. The predicted molar refractivity (Wildman–Crippen MR) is 74.8 cm³/mol. The maximum Gasteiger partial charge on any atom is 0.315 e. The monoisotopic (exact) mass is 282 g/mol. The van der Waals surface area contributed by atoms with Crippen molar-refractivity contribution in [2.75, 3.05) is 34.2 Å². The van der Waals surface area contributed by atoms with Crippen LogP contribution < -0.4 is 4.74 Å². The van der Waals surface area contributed by atoms with Gasteiger partial charge in [0.15, 0.2) is 6.79 Å². The van der Waals surface area contributed by atoms with Crippen LogP contribution in [0.4, 0.5) is 0 Å². The first kappa shape index (κ1) is 16.5. The Morgan fingerprint density at radius 3 is 2.30 bits per heavy atom. The van der Waals surface area contributed by atoms with Crippen molar-refractivity contribution in [1.82, 2.24) is 0 Å². The smallest absolute Gasteiger partial charge is 0.315 e. The van der Waals surface area contributed by atoms with Crippen molar-refractivity contribution in [2.45, 2.75) is 19.3 Å². The van der Waals surface area contributed by atoms with E-state index in [1.807, 2.05) is 26.0 Å². The van der Waals surface area contributed by atoms with E-state index >= 15 is 0 Å². The van der Waals surface area contributed by atoms with E-state index in [2.05, 4.69) is 0 Å². The lowest BCUT2D eigenvalue weighted by molar-refractivity contribution is -0.146. The summed E-state index contributed by atoms with van der Waals surface area (Å²) in [6.45, 7) is 4.84. The summed E-state index contributed by atoms with van der Waals surface area (Å²) in [7, 11) is 3.00. The van der Waals surface area contributed by atoms with Crippen LogP contribution in [0, 0.1) is 0 Å². The van der Waals surface area contributed by atoms with Crippen molar-refractivity contribution in [2.24, 2.45) is 0 Å². The van der Waals surface area contributed by atoms with E-state index in [-0.39, 0.29) is 12.8 Å². The fourth-order valence-corrected chi connectivity index (χ4v) is 1.65. The van der Waals surface area contributed by atoms with Crippen molar-refractivity contribution in [3.63, 3.8) is 0 Å². The summed E-state index contributed by atoms with van der Waals surface area (Å²) < 4.78 is 20.3. The van der Waals surface area contributed by atoms with Crippen molar-refractivity contribution >= 4 is 5.97 Å². The lowest BCUT2D eigenvalue weighted by Gasteiger charge is -2.22. The highest BCUT2D eigenvalue weighted by molar-refractivity contribution is 5.82. The molecule has 0 bridgehead atoms. The highest BCUT2D eigenvalue weighted by Gasteiger charge is 2.30. The summed E-state index contributed by atoms with van der Waals surface area (Å²) in [5, 5.41) is 0. The molecule has 1 aromatic carbocycles. The number of carbonyl (C=O) groups excluding carboxylic acids is 1. The lowest BCUT2D eigenvalue weighted by atomic mass is 9.85. The number of esters is 1. The summed E-state index contributed by atoms with van der Waals surface area (Å²) in [5.41, 5.74) is 0.194. The van der Waals surface area contributed by atoms with Gasteiger partial charge in [-0.2, -0.15) is 0 Å². The van der Waals surface area contributed by atoms with Crippen LogP contribution in [0.15, 0.2) is 24.3 Å². The number of carbonyl (C=O) groups is 1.